The number of rotatable bonds is 6. The molecule has 0 saturated heterocycles. The Balaban J connectivity index is 2.24. The van der Waals surface area contributed by atoms with Gasteiger partial charge in [-0.3, -0.25) is 14.2 Å². The Hall–Kier alpha value is -3.26. The van der Waals surface area contributed by atoms with Crippen LogP contribution in [0.2, 0.25) is 5.02 Å². The molecule has 0 fully saturated rings. The van der Waals surface area contributed by atoms with Crippen molar-refractivity contribution >= 4 is 17.5 Å². The number of carbonyl (C=O) groups excluding carboxylic acids is 1. The number of halogens is 2. The van der Waals surface area contributed by atoms with E-state index in [0.717, 1.165) is 9.25 Å². The summed E-state index contributed by atoms with van der Waals surface area (Å²) in [5, 5.41) is 4.49. The average molecular weight is 431 g/mol. The first-order valence-electron chi connectivity index (χ1n) is 9.39. The molecule has 156 valence electrons. The zero-order chi connectivity index (χ0) is 21.8. The number of hydrogen-bond donors (Lipinski definition) is 0. The minimum absolute atomic E-state index is 0.0968. The van der Waals surface area contributed by atoms with Gasteiger partial charge < -0.3 is 4.90 Å². The molecule has 1 aromatic heterocycles. The molecule has 0 aliphatic carbocycles. The van der Waals surface area contributed by atoms with E-state index in [1.54, 1.807) is 38.1 Å². The van der Waals surface area contributed by atoms with Gasteiger partial charge in [0.2, 0.25) is 5.69 Å². The standard InChI is InChI=1S/C21H20ClFN4O3/c1-3-25(4-2)19(28)18-20(29)26(13-14-6-5-7-15(22)12-14)21(30)27(24-18)17-10-8-16(23)9-11-17/h5-12H,3-4,13H2,1-2H3. The summed E-state index contributed by atoms with van der Waals surface area (Å²) in [5.74, 6) is -1.07. The van der Waals surface area contributed by atoms with E-state index in [0.29, 0.717) is 23.7 Å². The van der Waals surface area contributed by atoms with Gasteiger partial charge in [-0.15, -0.1) is 0 Å². The first-order chi connectivity index (χ1) is 14.3. The maximum Gasteiger partial charge on any atom is 0.352 e. The molecule has 0 radical (unpaired) electrons. The third kappa shape index (κ3) is 4.33. The first kappa shape index (κ1) is 21.4. The molecule has 0 aliphatic rings. The van der Waals surface area contributed by atoms with Crippen LogP contribution in [-0.4, -0.2) is 38.2 Å². The summed E-state index contributed by atoms with van der Waals surface area (Å²) >= 11 is 6.01. The fourth-order valence-electron chi connectivity index (χ4n) is 3.02. The third-order valence-electron chi connectivity index (χ3n) is 4.61. The zero-order valence-electron chi connectivity index (χ0n) is 16.5. The smallest absolute Gasteiger partial charge is 0.338 e. The van der Waals surface area contributed by atoms with Crippen molar-refractivity contribution in [2.75, 3.05) is 13.1 Å². The molecule has 1 amide bonds. The summed E-state index contributed by atoms with van der Waals surface area (Å²) in [7, 11) is 0. The Labute approximate surface area is 176 Å². The van der Waals surface area contributed by atoms with Crippen molar-refractivity contribution in [3.8, 4) is 5.69 Å². The quantitative estimate of drug-likeness (QED) is 0.602. The lowest BCUT2D eigenvalue weighted by Gasteiger charge is -2.19. The molecule has 2 aromatic carbocycles. The predicted molar refractivity (Wildman–Crippen MR) is 112 cm³/mol. The largest absolute Gasteiger partial charge is 0.352 e. The van der Waals surface area contributed by atoms with Crippen molar-refractivity contribution in [1.29, 1.82) is 0 Å². The van der Waals surface area contributed by atoms with Crippen molar-refractivity contribution in [3.05, 3.63) is 91.5 Å². The van der Waals surface area contributed by atoms with Gasteiger partial charge in [-0.2, -0.15) is 9.78 Å². The van der Waals surface area contributed by atoms with Gasteiger partial charge in [-0.1, -0.05) is 23.7 Å². The second kappa shape index (κ2) is 9.04. The van der Waals surface area contributed by atoms with Gasteiger partial charge in [0.25, 0.3) is 11.5 Å². The van der Waals surface area contributed by atoms with Gasteiger partial charge >= 0.3 is 5.69 Å². The summed E-state index contributed by atoms with van der Waals surface area (Å²) in [5.41, 5.74) is -1.09. The highest BCUT2D eigenvalue weighted by molar-refractivity contribution is 6.30. The van der Waals surface area contributed by atoms with Crippen molar-refractivity contribution in [3.63, 3.8) is 0 Å². The lowest BCUT2D eigenvalue weighted by Crippen LogP contribution is -2.46. The number of carbonyl (C=O) groups is 1. The van der Waals surface area contributed by atoms with E-state index in [9.17, 15) is 18.8 Å². The Bertz CT molecular complexity index is 1180. The van der Waals surface area contributed by atoms with Crippen LogP contribution < -0.4 is 11.2 Å². The Morgan fingerprint density at radius 1 is 1.10 bits per heavy atom. The SMILES string of the molecule is CCN(CC)C(=O)c1nn(-c2ccc(F)cc2)c(=O)n(Cc2cccc(Cl)c2)c1=O. The van der Waals surface area contributed by atoms with Crippen molar-refractivity contribution in [1.82, 2.24) is 19.2 Å². The van der Waals surface area contributed by atoms with Crippen molar-refractivity contribution in [2.45, 2.75) is 20.4 Å². The summed E-state index contributed by atoms with van der Waals surface area (Å²) in [6.45, 7) is 4.21. The van der Waals surface area contributed by atoms with Crippen LogP contribution in [0.3, 0.4) is 0 Å². The summed E-state index contributed by atoms with van der Waals surface area (Å²) in [6, 6.07) is 11.8. The highest BCUT2D eigenvalue weighted by Gasteiger charge is 2.23. The van der Waals surface area contributed by atoms with Crippen LogP contribution in [0.15, 0.2) is 58.1 Å². The molecule has 0 aliphatic heterocycles. The molecule has 0 saturated carbocycles. The normalized spacial score (nSPS) is 10.8. The molecule has 0 unspecified atom stereocenters. The van der Waals surface area contributed by atoms with Crippen molar-refractivity contribution in [2.24, 2.45) is 0 Å². The van der Waals surface area contributed by atoms with Gasteiger partial charge in [0.05, 0.1) is 12.2 Å². The Kier molecular flexibility index (Phi) is 6.47. The van der Waals surface area contributed by atoms with Crippen LogP contribution in [0, 0.1) is 5.82 Å². The molecular formula is C21H20ClFN4O3. The van der Waals surface area contributed by atoms with Crippen LogP contribution in [0.25, 0.3) is 5.69 Å². The minimum atomic E-state index is -0.796. The Morgan fingerprint density at radius 3 is 2.37 bits per heavy atom. The average Bonchev–Trinajstić information content (AvgIpc) is 2.73. The molecule has 7 nitrogen and oxygen atoms in total. The molecule has 0 bridgehead atoms. The van der Waals surface area contributed by atoms with E-state index < -0.39 is 23.0 Å². The molecule has 30 heavy (non-hydrogen) atoms. The minimum Gasteiger partial charge on any atom is -0.338 e. The summed E-state index contributed by atoms with van der Waals surface area (Å²) < 4.78 is 15.2. The van der Waals surface area contributed by atoms with E-state index in [-0.39, 0.29) is 17.9 Å². The van der Waals surface area contributed by atoms with E-state index in [1.165, 1.54) is 29.2 Å². The van der Waals surface area contributed by atoms with Gasteiger partial charge in [0, 0.05) is 18.1 Å². The monoisotopic (exact) mass is 430 g/mol. The second-order valence-corrected chi connectivity index (χ2v) is 6.95. The topological polar surface area (TPSA) is 77.2 Å². The van der Waals surface area contributed by atoms with Crippen LogP contribution in [-0.2, 0) is 6.54 Å². The van der Waals surface area contributed by atoms with Crippen LogP contribution in [0.4, 0.5) is 4.39 Å². The third-order valence-corrected chi connectivity index (χ3v) is 4.85. The van der Waals surface area contributed by atoms with Crippen LogP contribution in [0.5, 0.6) is 0 Å². The number of nitrogens with zero attached hydrogens (tertiary/aromatic N) is 4. The van der Waals surface area contributed by atoms with Gasteiger partial charge in [0.15, 0.2) is 0 Å². The van der Waals surface area contributed by atoms with Gasteiger partial charge in [-0.25, -0.2) is 9.18 Å². The molecule has 3 rings (SSSR count). The lowest BCUT2D eigenvalue weighted by atomic mass is 10.2. The first-order valence-corrected chi connectivity index (χ1v) is 9.77. The lowest BCUT2D eigenvalue weighted by molar-refractivity contribution is 0.0761. The summed E-state index contributed by atoms with van der Waals surface area (Å²) in [4.78, 5) is 40.4. The maximum absolute atomic E-state index is 13.3. The number of hydrogen-bond acceptors (Lipinski definition) is 4. The highest BCUT2D eigenvalue weighted by Crippen LogP contribution is 2.11. The molecular weight excluding hydrogens is 411 g/mol. The number of benzene rings is 2. The zero-order valence-corrected chi connectivity index (χ0v) is 17.3. The maximum atomic E-state index is 13.3. The van der Waals surface area contributed by atoms with E-state index in [2.05, 4.69) is 5.10 Å². The molecule has 9 heteroatoms. The molecule has 3 aromatic rings. The van der Waals surface area contributed by atoms with Gasteiger partial charge in [-0.05, 0) is 55.8 Å². The second-order valence-electron chi connectivity index (χ2n) is 6.52. The van der Waals surface area contributed by atoms with E-state index in [1.807, 2.05) is 0 Å². The number of amides is 1. The fraction of sp³-hybridized carbons (Fsp3) is 0.238. The fourth-order valence-corrected chi connectivity index (χ4v) is 3.23. The van der Waals surface area contributed by atoms with E-state index in [4.69, 9.17) is 11.6 Å². The van der Waals surface area contributed by atoms with Crippen LogP contribution in [0.1, 0.15) is 29.9 Å². The van der Waals surface area contributed by atoms with Gasteiger partial charge in [0.1, 0.15) is 5.82 Å². The number of aromatic nitrogens is 3. The highest BCUT2D eigenvalue weighted by atomic mass is 35.5. The van der Waals surface area contributed by atoms with Crippen LogP contribution >= 0.6 is 11.6 Å². The molecule has 0 atom stereocenters. The predicted octanol–water partition coefficient (Wildman–Crippen LogP) is 2.72. The Morgan fingerprint density at radius 2 is 1.77 bits per heavy atom. The van der Waals surface area contributed by atoms with E-state index >= 15 is 0 Å². The summed E-state index contributed by atoms with van der Waals surface area (Å²) in [6.07, 6.45) is 0. The molecule has 0 spiro atoms. The molecule has 1 heterocycles. The molecule has 0 N–H and O–H groups in total. The van der Waals surface area contributed by atoms with Crippen molar-refractivity contribution < 1.29 is 9.18 Å².